The summed E-state index contributed by atoms with van der Waals surface area (Å²) in [7, 11) is -0.954. The molecule has 3 aromatic carbocycles. The third-order valence-corrected chi connectivity index (χ3v) is 8.17. The van der Waals surface area contributed by atoms with Crippen molar-refractivity contribution in [2.45, 2.75) is 11.3 Å². The summed E-state index contributed by atoms with van der Waals surface area (Å²) in [6.07, 6.45) is 2.28. The predicted octanol–water partition coefficient (Wildman–Crippen LogP) is 3.48. The van der Waals surface area contributed by atoms with E-state index in [1.54, 1.807) is 61.6 Å². The highest BCUT2D eigenvalue weighted by atomic mass is 32.2. The van der Waals surface area contributed by atoms with E-state index in [4.69, 9.17) is 9.47 Å². The van der Waals surface area contributed by atoms with Crippen molar-refractivity contribution in [2.75, 3.05) is 40.4 Å². The van der Waals surface area contributed by atoms with Crippen LogP contribution in [0.2, 0.25) is 0 Å². The van der Waals surface area contributed by atoms with Gasteiger partial charge in [0, 0.05) is 42.0 Å². The summed E-state index contributed by atoms with van der Waals surface area (Å²) in [4.78, 5) is 15.5. The van der Waals surface area contributed by atoms with Crippen molar-refractivity contribution in [1.29, 1.82) is 0 Å². The molecule has 1 aliphatic heterocycles. The lowest BCUT2D eigenvalue weighted by Gasteiger charge is -2.19. The molecule has 1 fully saturated rings. The summed E-state index contributed by atoms with van der Waals surface area (Å²) in [5.74, 6) is 0.946. The molecule has 9 heteroatoms. The molecule has 0 radical (unpaired) electrons. The molecule has 1 aromatic heterocycles. The van der Waals surface area contributed by atoms with Gasteiger partial charge in [-0.15, -0.1) is 0 Å². The topological polar surface area (TPSA) is 89.9 Å². The zero-order valence-corrected chi connectivity index (χ0v) is 20.5. The van der Waals surface area contributed by atoms with Crippen LogP contribution in [0.5, 0.6) is 11.5 Å². The zero-order valence-electron chi connectivity index (χ0n) is 19.7. The van der Waals surface area contributed by atoms with Crippen molar-refractivity contribution in [3.05, 3.63) is 66.4 Å². The molecule has 8 nitrogen and oxygen atoms in total. The summed E-state index contributed by atoms with van der Waals surface area (Å²) in [6.45, 7) is 2.71. The monoisotopic (exact) mass is 493 g/mol. The largest absolute Gasteiger partial charge is 0.497 e. The highest BCUT2D eigenvalue weighted by Crippen LogP contribution is 2.35. The molecule has 0 atom stereocenters. The number of benzene rings is 3. The number of ether oxygens (including phenoxy) is 2. The highest BCUT2D eigenvalue weighted by molar-refractivity contribution is 7.90. The average Bonchev–Trinajstić information content (AvgIpc) is 3.06. The first-order chi connectivity index (χ1) is 17.0. The third kappa shape index (κ3) is 4.00. The molecule has 0 bridgehead atoms. The van der Waals surface area contributed by atoms with E-state index < -0.39 is 10.0 Å². The maximum absolute atomic E-state index is 14.0. The second-order valence-electron chi connectivity index (χ2n) is 8.43. The van der Waals surface area contributed by atoms with E-state index in [2.05, 4.69) is 5.32 Å². The first kappa shape index (κ1) is 23.2. The lowest BCUT2D eigenvalue weighted by atomic mass is 10.1. The Morgan fingerprint density at radius 1 is 0.914 bits per heavy atom. The van der Waals surface area contributed by atoms with E-state index in [1.165, 1.54) is 10.2 Å². The number of nitrogens with zero attached hydrogens (tertiary/aromatic N) is 2. The van der Waals surface area contributed by atoms with Crippen LogP contribution in [0.25, 0.3) is 21.7 Å². The Balaban J connectivity index is 1.71. The smallest absolute Gasteiger partial charge is 0.268 e. The van der Waals surface area contributed by atoms with Gasteiger partial charge in [-0.05, 0) is 43.3 Å². The molecule has 1 aliphatic rings. The Morgan fingerprint density at radius 3 is 2.49 bits per heavy atom. The summed E-state index contributed by atoms with van der Waals surface area (Å²) < 4.78 is 40.1. The number of nitrogens with one attached hydrogen (secondary N) is 1. The third-order valence-electron chi connectivity index (χ3n) is 6.44. The number of hydrogen-bond acceptors (Lipinski definition) is 6. The van der Waals surface area contributed by atoms with Crippen LogP contribution in [0, 0.1) is 0 Å². The van der Waals surface area contributed by atoms with E-state index in [-0.39, 0.29) is 10.8 Å². The standard InChI is InChI=1S/C26H27N3O5S/c1-33-18-8-9-23-21(16-18)22(26(30)28-14-5-12-27-13-15-28)17-29(23)35(31,32)25-11-10-24(34-2)19-6-3-4-7-20(19)25/h3-4,6-11,16-17,27H,5,12-15H2,1-2H3. The Hall–Kier alpha value is -3.56. The summed E-state index contributed by atoms with van der Waals surface area (Å²) >= 11 is 0. The second kappa shape index (κ2) is 9.24. The van der Waals surface area contributed by atoms with Crippen LogP contribution < -0.4 is 14.8 Å². The van der Waals surface area contributed by atoms with Crippen molar-refractivity contribution < 1.29 is 22.7 Å². The predicted molar refractivity (Wildman–Crippen MR) is 135 cm³/mol. The number of carbonyl (C=O) groups is 1. The van der Waals surface area contributed by atoms with Gasteiger partial charge >= 0.3 is 0 Å². The van der Waals surface area contributed by atoms with Gasteiger partial charge in [0.2, 0.25) is 0 Å². The normalized spacial score (nSPS) is 14.7. The van der Waals surface area contributed by atoms with Crippen LogP contribution in [0.1, 0.15) is 16.8 Å². The lowest BCUT2D eigenvalue weighted by molar-refractivity contribution is 0.0768. The van der Waals surface area contributed by atoms with Gasteiger partial charge in [-0.25, -0.2) is 12.4 Å². The minimum absolute atomic E-state index is 0.139. The van der Waals surface area contributed by atoms with Gasteiger partial charge < -0.3 is 19.7 Å². The van der Waals surface area contributed by atoms with Gasteiger partial charge in [0.25, 0.3) is 15.9 Å². The maximum atomic E-state index is 14.0. The number of amides is 1. The molecular weight excluding hydrogens is 466 g/mol. The minimum Gasteiger partial charge on any atom is -0.497 e. The zero-order chi connectivity index (χ0) is 24.6. The van der Waals surface area contributed by atoms with E-state index in [1.807, 2.05) is 12.1 Å². The van der Waals surface area contributed by atoms with Crippen LogP contribution in [0.4, 0.5) is 0 Å². The van der Waals surface area contributed by atoms with E-state index in [0.29, 0.717) is 58.4 Å². The lowest BCUT2D eigenvalue weighted by Crippen LogP contribution is -2.34. The van der Waals surface area contributed by atoms with Crippen molar-refractivity contribution in [3.63, 3.8) is 0 Å². The minimum atomic E-state index is -4.05. The molecule has 4 aromatic rings. The molecule has 1 saturated heterocycles. The van der Waals surface area contributed by atoms with Gasteiger partial charge in [0.15, 0.2) is 0 Å². The molecule has 0 aliphatic carbocycles. The number of carbonyl (C=O) groups excluding carboxylic acids is 1. The van der Waals surface area contributed by atoms with Crippen LogP contribution in [0.15, 0.2) is 65.7 Å². The molecule has 5 rings (SSSR count). The molecule has 2 heterocycles. The quantitative estimate of drug-likeness (QED) is 0.458. The van der Waals surface area contributed by atoms with E-state index >= 15 is 0 Å². The van der Waals surface area contributed by atoms with E-state index in [9.17, 15) is 13.2 Å². The fourth-order valence-electron chi connectivity index (χ4n) is 4.65. The first-order valence-corrected chi connectivity index (χ1v) is 12.9. The molecule has 182 valence electrons. The summed E-state index contributed by atoms with van der Waals surface area (Å²) in [5, 5.41) is 5.07. The van der Waals surface area contributed by atoms with Crippen molar-refractivity contribution in [3.8, 4) is 11.5 Å². The number of methoxy groups -OCH3 is 2. The Morgan fingerprint density at radius 2 is 1.71 bits per heavy atom. The molecular formula is C26H27N3O5S. The van der Waals surface area contributed by atoms with Crippen LogP contribution in [-0.4, -0.2) is 63.6 Å². The molecule has 0 saturated carbocycles. The maximum Gasteiger partial charge on any atom is 0.268 e. The molecule has 1 amide bonds. The van der Waals surface area contributed by atoms with Crippen molar-refractivity contribution in [1.82, 2.24) is 14.2 Å². The fraction of sp³-hybridized carbons (Fsp3) is 0.269. The summed E-state index contributed by atoms with van der Waals surface area (Å²) in [6, 6.07) is 15.5. The van der Waals surface area contributed by atoms with Crippen LogP contribution in [0.3, 0.4) is 0 Å². The Kier molecular flexibility index (Phi) is 6.12. The highest BCUT2D eigenvalue weighted by Gasteiger charge is 2.28. The van der Waals surface area contributed by atoms with Gasteiger partial charge in [-0.1, -0.05) is 24.3 Å². The van der Waals surface area contributed by atoms with Gasteiger partial charge in [-0.3, -0.25) is 4.79 Å². The number of rotatable bonds is 5. The van der Waals surface area contributed by atoms with Crippen molar-refractivity contribution >= 4 is 37.6 Å². The molecule has 1 N–H and O–H groups in total. The van der Waals surface area contributed by atoms with Gasteiger partial charge in [0.05, 0.1) is 30.2 Å². The number of fused-ring (bicyclic) bond motifs is 2. The van der Waals surface area contributed by atoms with Crippen LogP contribution >= 0.6 is 0 Å². The van der Waals surface area contributed by atoms with E-state index in [0.717, 1.165) is 13.0 Å². The summed E-state index contributed by atoms with van der Waals surface area (Å²) in [5.41, 5.74) is 0.754. The average molecular weight is 494 g/mol. The van der Waals surface area contributed by atoms with Crippen molar-refractivity contribution in [2.24, 2.45) is 0 Å². The molecule has 35 heavy (non-hydrogen) atoms. The first-order valence-electron chi connectivity index (χ1n) is 11.5. The fourth-order valence-corrected chi connectivity index (χ4v) is 6.22. The van der Waals surface area contributed by atoms with Gasteiger partial charge in [-0.2, -0.15) is 0 Å². The van der Waals surface area contributed by atoms with Gasteiger partial charge in [0.1, 0.15) is 11.5 Å². The van der Waals surface area contributed by atoms with Crippen LogP contribution in [-0.2, 0) is 10.0 Å². The Bertz CT molecular complexity index is 1520. The Labute approximate surface area is 204 Å². The SMILES string of the molecule is COc1ccc2c(c1)c(C(=O)N1CCCNCC1)cn2S(=O)(=O)c1ccc(OC)c2ccccc12. The second-order valence-corrected chi connectivity index (χ2v) is 10.2. The molecule has 0 spiro atoms. The molecule has 0 unspecified atom stereocenters. The number of hydrogen-bond donors (Lipinski definition) is 1. The number of aromatic nitrogens is 1.